The zero-order chi connectivity index (χ0) is 85.7. The Morgan fingerprint density at radius 2 is 0.667 bits per heavy atom. The van der Waals surface area contributed by atoms with Gasteiger partial charge in [-0.1, -0.05) is 48.5 Å². The number of hydrogen-bond acceptors (Lipinski definition) is 28. The third-order valence-corrected chi connectivity index (χ3v) is 30.4. The number of carbonyl (C=O) groups is 14. The topological polar surface area (TPSA) is 368 Å². The molecular formula is C89H128O28. The fourth-order valence-corrected chi connectivity index (χ4v) is 21.8. The molecule has 28 nitrogen and oxygen atoms in total. The largest absolute Gasteiger partial charge is 0.460 e. The van der Waals surface area contributed by atoms with Crippen LogP contribution in [0.25, 0.3) is 0 Å². The van der Waals surface area contributed by atoms with Crippen molar-refractivity contribution in [3.05, 3.63) is 0 Å². The maximum absolute atomic E-state index is 13.4. The fourth-order valence-electron chi connectivity index (χ4n) is 21.8. The summed E-state index contributed by atoms with van der Waals surface area (Å²) in [5.41, 5.74) is -4.59. The molecule has 24 unspecified atom stereocenters. The highest BCUT2D eigenvalue weighted by molar-refractivity contribution is 5.90. The Morgan fingerprint density at radius 3 is 0.983 bits per heavy atom. The van der Waals surface area contributed by atoms with Crippen LogP contribution in [-0.2, 0) is 133 Å². The third-order valence-electron chi connectivity index (χ3n) is 30.4. The Morgan fingerprint density at radius 1 is 0.376 bits per heavy atom. The second-order valence-corrected chi connectivity index (χ2v) is 40.4. The zero-order valence-electron chi connectivity index (χ0n) is 72.1. The van der Waals surface area contributed by atoms with Crippen LogP contribution in [0.15, 0.2) is 0 Å². The van der Waals surface area contributed by atoms with Gasteiger partial charge in [-0.2, -0.15) is 0 Å². The molecule has 4 aliphatic heterocycles. The van der Waals surface area contributed by atoms with Gasteiger partial charge in [0.15, 0.2) is 13.2 Å². The van der Waals surface area contributed by atoms with Gasteiger partial charge in [0.25, 0.3) is 0 Å². The van der Waals surface area contributed by atoms with Crippen molar-refractivity contribution < 1.29 is 133 Å². The summed E-state index contributed by atoms with van der Waals surface area (Å²) in [4.78, 5) is 177. The van der Waals surface area contributed by atoms with E-state index in [-0.39, 0.29) is 95.0 Å². The summed E-state index contributed by atoms with van der Waals surface area (Å²) in [6, 6.07) is 0. The number of fused-ring (bicyclic) bond motifs is 4. The van der Waals surface area contributed by atoms with E-state index in [0.717, 1.165) is 83.5 Å². The van der Waals surface area contributed by atoms with E-state index in [2.05, 4.69) is 13.8 Å². The van der Waals surface area contributed by atoms with Crippen LogP contribution < -0.4 is 0 Å². The first-order valence-electron chi connectivity index (χ1n) is 43.6. The lowest BCUT2D eigenvalue weighted by Crippen LogP contribution is -2.47. The summed E-state index contributed by atoms with van der Waals surface area (Å²) >= 11 is 0. The summed E-state index contributed by atoms with van der Waals surface area (Å²) < 4.78 is 78.8. The molecule has 15 fully saturated rings. The van der Waals surface area contributed by atoms with Crippen LogP contribution in [0.4, 0.5) is 0 Å². The monoisotopic (exact) mass is 1640 g/mol. The molecule has 8 bridgehead atoms. The first kappa shape index (κ1) is 88.9. The van der Waals surface area contributed by atoms with Crippen LogP contribution in [0.1, 0.15) is 266 Å². The average Bonchev–Trinajstić information content (AvgIpc) is 1.57. The van der Waals surface area contributed by atoms with E-state index < -0.39 is 195 Å². The van der Waals surface area contributed by atoms with E-state index in [1.165, 1.54) is 0 Å². The molecule has 0 aromatic rings. The maximum Gasteiger partial charge on any atom is 0.344 e. The maximum atomic E-state index is 13.4. The second-order valence-electron chi connectivity index (χ2n) is 40.4. The Hall–Kier alpha value is -7.42. The van der Waals surface area contributed by atoms with Crippen molar-refractivity contribution in [3.63, 3.8) is 0 Å². The standard InChI is InChI=1S/C25H36O8.C24H34O8.C21H30O6.C19H28O6/c1-6-24(4,5)23(29)30-12-16(26)31-19-15-11-14-17(21(27)32-20(14)19)18(15)22(28)33-25(13(2)3)9-7-8-10-25;1-5-23(3,4)22(28)29-12-15(25)30-18-14-11-13-16(20(26)31-19(13)18)17(14)21(27)32-24(6-2)9-7-8-10-24;1-5-20(2,3)19(24)26-16-12-10-11-13(17(22)25-15(11)16)14(12)18(23)27-21(4)8-6-7-9-21;1-7-19(5,6)17(22)24-14-10-8-9-11(15(20)23-13(9)14)12(10)16(21)25-18(2,3)4/h13-15,17-20H,6-12H2,1-5H3;13-14,16-19H,5-12H2,1-4H3;11-16H,5-10H2,1-4H3;9-14H,7-8H2,1-6H3. The van der Waals surface area contributed by atoms with Crippen molar-refractivity contribution >= 4 is 83.6 Å². The van der Waals surface area contributed by atoms with Gasteiger partial charge >= 0.3 is 83.6 Å². The van der Waals surface area contributed by atoms with Crippen LogP contribution in [0.3, 0.4) is 0 Å². The lowest BCUT2D eigenvalue weighted by atomic mass is 9.78. The minimum Gasteiger partial charge on any atom is -0.460 e. The Kier molecular flexibility index (Phi) is 25.2. The first-order chi connectivity index (χ1) is 54.8. The van der Waals surface area contributed by atoms with E-state index in [1.54, 1.807) is 48.5 Å². The smallest absolute Gasteiger partial charge is 0.344 e. The van der Waals surface area contributed by atoms with Crippen LogP contribution in [0.2, 0.25) is 0 Å². The molecule has 0 radical (unpaired) electrons. The van der Waals surface area contributed by atoms with Crippen LogP contribution >= 0.6 is 0 Å². The summed E-state index contributed by atoms with van der Waals surface area (Å²) in [5, 5.41) is 0. The molecule has 15 aliphatic rings. The van der Waals surface area contributed by atoms with Gasteiger partial charge in [-0.15, -0.1) is 0 Å². The lowest BCUT2D eigenvalue weighted by Gasteiger charge is -2.37. The van der Waals surface area contributed by atoms with Crippen molar-refractivity contribution in [1.29, 1.82) is 0 Å². The first-order valence-corrected chi connectivity index (χ1v) is 43.6. The molecule has 4 saturated heterocycles. The van der Waals surface area contributed by atoms with Gasteiger partial charge < -0.3 is 66.3 Å². The Balaban J connectivity index is 0.000000144. The Labute approximate surface area is 687 Å². The number of ether oxygens (including phenoxy) is 14. The third kappa shape index (κ3) is 16.8. The van der Waals surface area contributed by atoms with E-state index in [4.69, 9.17) is 66.3 Å². The van der Waals surface area contributed by atoms with E-state index >= 15 is 0 Å². The number of carbonyl (C=O) groups excluding carboxylic acids is 14. The van der Waals surface area contributed by atoms with E-state index in [0.29, 0.717) is 51.4 Å². The predicted molar refractivity (Wildman–Crippen MR) is 410 cm³/mol. The molecular weight excluding hydrogens is 1520 g/mol. The van der Waals surface area contributed by atoms with Crippen LogP contribution in [-0.4, -0.2) is 168 Å². The average molecular weight is 1650 g/mol. The highest BCUT2D eigenvalue weighted by Crippen LogP contribution is 2.64. The van der Waals surface area contributed by atoms with E-state index in [9.17, 15) is 67.1 Å². The minimum atomic E-state index is -0.723. The summed E-state index contributed by atoms with van der Waals surface area (Å²) in [6.07, 6.45) is 12.5. The van der Waals surface area contributed by atoms with Gasteiger partial charge in [-0.3, -0.25) is 57.5 Å². The van der Waals surface area contributed by atoms with Crippen molar-refractivity contribution in [2.24, 2.45) is 122 Å². The number of rotatable bonds is 25. The highest BCUT2D eigenvalue weighted by atomic mass is 16.6. The molecule has 652 valence electrons. The van der Waals surface area contributed by atoms with Crippen molar-refractivity contribution in [2.75, 3.05) is 13.2 Å². The van der Waals surface area contributed by atoms with Crippen molar-refractivity contribution in [1.82, 2.24) is 0 Å². The normalized spacial score (nSPS) is 35.6. The molecule has 0 N–H and O–H groups in total. The molecule has 11 aliphatic carbocycles. The van der Waals surface area contributed by atoms with Gasteiger partial charge in [-0.05, 0) is 224 Å². The Bertz CT molecular complexity index is 3860. The number of esters is 14. The van der Waals surface area contributed by atoms with Crippen molar-refractivity contribution in [3.8, 4) is 0 Å². The molecule has 4 heterocycles. The zero-order valence-corrected chi connectivity index (χ0v) is 72.1. The van der Waals surface area contributed by atoms with Gasteiger partial charge in [0.05, 0.1) is 69.0 Å². The SMILES string of the molecule is CCC(C)(C)C(=O)OC1C2CC3C1OC(=O)C3C2C(=O)OC(C)(C)C.CCC(C)(C)C(=O)OC1C2CC3C1OC(=O)C3C2C(=O)OC1(C)CCCC1.CCC(C)(C)C(=O)OCC(=O)OC1C2CC3C1OC(=O)C3C2C(=O)OC1(C(C)C)CCCC1.CCC1(OC(=O)C2C3CC4C(OC(=O)C42)C3OC(=O)COC(=O)C(C)(C)CC)CCCC1. The summed E-state index contributed by atoms with van der Waals surface area (Å²) in [6.45, 7) is 34.5. The molecule has 0 aromatic heterocycles. The molecule has 0 spiro atoms. The lowest BCUT2D eigenvalue weighted by molar-refractivity contribution is -0.181. The van der Waals surface area contributed by atoms with Gasteiger partial charge in [0.1, 0.15) is 71.2 Å². The van der Waals surface area contributed by atoms with Crippen molar-refractivity contribution in [2.45, 2.75) is 338 Å². The summed E-state index contributed by atoms with van der Waals surface area (Å²) in [7, 11) is 0. The summed E-state index contributed by atoms with van der Waals surface area (Å²) in [5.74, 6) is -11.6. The quantitative estimate of drug-likeness (QED) is 0.0605. The molecule has 0 amide bonds. The van der Waals surface area contributed by atoms with Gasteiger partial charge in [-0.25, -0.2) is 9.59 Å². The fraction of sp³-hybridized carbons (Fsp3) is 0.843. The second kappa shape index (κ2) is 33.2. The molecule has 15 rings (SSSR count). The molecule has 11 saturated carbocycles. The highest BCUT2D eigenvalue weighted by Gasteiger charge is 2.75. The van der Waals surface area contributed by atoms with E-state index in [1.807, 2.05) is 69.2 Å². The number of hydrogen-bond donors (Lipinski definition) is 0. The molecule has 0 aromatic carbocycles. The van der Waals surface area contributed by atoms with Crippen LogP contribution in [0, 0.1) is 122 Å². The van der Waals surface area contributed by atoms with Gasteiger partial charge in [0, 0.05) is 47.3 Å². The molecule has 28 heteroatoms. The molecule has 24 atom stereocenters. The van der Waals surface area contributed by atoms with Crippen LogP contribution in [0.5, 0.6) is 0 Å². The predicted octanol–water partition coefficient (Wildman–Crippen LogP) is 11.6. The molecule has 117 heavy (non-hydrogen) atoms. The minimum absolute atomic E-state index is 0.0426. The van der Waals surface area contributed by atoms with Gasteiger partial charge in [0.2, 0.25) is 0 Å².